The Morgan fingerprint density at radius 1 is 0.621 bits per heavy atom. The van der Waals surface area contributed by atoms with E-state index >= 15 is 0 Å². The lowest BCUT2D eigenvalue weighted by molar-refractivity contribution is 0.622. The molecule has 0 saturated carbocycles. The number of rotatable bonds is 12. The maximum Gasteiger partial charge on any atom is 0.0366 e. The normalized spacial score (nSPS) is 13.2. The number of likely N-dealkylation sites (N-methyl/N-ethyl adjacent to an activating group) is 2. The zero-order chi connectivity index (χ0) is 21.2. The molecule has 0 heterocycles. The van der Waals surface area contributed by atoms with E-state index in [1.807, 2.05) is 0 Å². The van der Waals surface area contributed by atoms with Gasteiger partial charge in [0, 0.05) is 49.6 Å². The minimum atomic E-state index is 0.225. The summed E-state index contributed by atoms with van der Waals surface area (Å²) in [5.41, 5.74) is 17.5. The highest BCUT2D eigenvalue weighted by atomic mass is 15.1. The highest BCUT2D eigenvalue weighted by molar-refractivity contribution is 5.50. The van der Waals surface area contributed by atoms with E-state index in [0.29, 0.717) is 0 Å². The summed E-state index contributed by atoms with van der Waals surface area (Å²) in [5.74, 6) is 0. The van der Waals surface area contributed by atoms with Crippen molar-refractivity contribution in [1.82, 2.24) is 0 Å². The summed E-state index contributed by atoms with van der Waals surface area (Å²) in [6.45, 7) is 12.4. The second-order valence-corrected chi connectivity index (χ2v) is 7.92. The van der Waals surface area contributed by atoms with E-state index in [9.17, 15) is 0 Å². The molecule has 0 saturated heterocycles. The van der Waals surface area contributed by atoms with Crippen molar-refractivity contribution < 1.29 is 0 Å². The molecule has 0 aliphatic carbocycles. The summed E-state index contributed by atoms with van der Waals surface area (Å²) in [5, 5.41) is 0. The molecule has 4 N–H and O–H groups in total. The molecule has 0 amide bonds. The van der Waals surface area contributed by atoms with Gasteiger partial charge in [-0.1, -0.05) is 38.1 Å². The Morgan fingerprint density at radius 2 is 0.966 bits per heavy atom. The third-order valence-corrected chi connectivity index (χ3v) is 5.73. The van der Waals surface area contributed by atoms with Crippen LogP contribution in [0.1, 0.15) is 51.7 Å². The molecule has 0 aliphatic rings. The minimum Gasteiger partial charge on any atom is -0.370 e. The van der Waals surface area contributed by atoms with Gasteiger partial charge in [-0.25, -0.2) is 0 Å². The largest absolute Gasteiger partial charge is 0.370 e. The van der Waals surface area contributed by atoms with Gasteiger partial charge in [0.2, 0.25) is 0 Å². The monoisotopic (exact) mass is 396 g/mol. The van der Waals surface area contributed by atoms with Gasteiger partial charge in [0.25, 0.3) is 0 Å². The smallest absolute Gasteiger partial charge is 0.0366 e. The van der Waals surface area contributed by atoms with E-state index in [0.717, 1.165) is 45.4 Å². The van der Waals surface area contributed by atoms with Crippen LogP contribution in [0.15, 0.2) is 48.5 Å². The quantitative estimate of drug-likeness (QED) is 0.558. The van der Waals surface area contributed by atoms with E-state index in [1.165, 1.54) is 22.5 Å². The van der Waals surface area contributed by atoms with Gasteiger partial charge in [0.15, 0.2) is 0 Å². The molecule has 2 aromatic carbocycles. The fraction of sp³-hybridized carbons (Fsp3) is 0.520. The van der Waals surface area contributed by atoms with E-state index < -0.39 is 0 Å². The Hall–Kier alpha value is -2.04. The topological polar surface area (TPSA) is 58.5 Å². The van der Waals surface area contributed by atoms with Crippen molar-refractivity contribution in [3.8, 4) is 0 Å². The molecule has 0 aromatic heterocycles. The molecule has 2 rings (SSSR count). The highest BCUT2D eigenvalue weighted by Crippen LogP contribution is 2.20. The van der Waals surface area contributed by atoms with Crippen molar-refractivity contribution in [3.63, 3.8) is 0 Å². The maximum atomic E-state index is 6.14. The molecule has 2 aromatic rings. The van der Waals surface area contributed by atoms with Crippen molar-refractivity contribution in [3.05, 3.63) is 59.7 Å². The highest BCUT2D eigenvalue weighted by Gasteiger charge is 2.10. The summed E-state index contributed by atoms with van der Waals surface area (Å²) in [4.78, 5) is 4.71. The number of hydrogen-bond acceptors (Lipinski definition) is 4. The number of hydrogen-bond donors (Lipinski definition) is 2. The van der Waals surface area contributed by atoms with Crippen LogP contribution in [0.2, 0.25) is 0 Å². The third-order valence-electron chi connectivity index (χ3n) is 5.73. The van der Waals surface area contributed by atoms with Crippen LogP contribution in [0.3, 0.4) is 0 Å². The van der Waals surface area contributed by atoms with Crippen LogP contribution in [0.25, 0.3) is 0 Å². The van der Waals surface area contributed by atoms with Gasteiger partial charge in [-0.3, -0.25) is 0 Å². The Bertz CT molecular complexity index is 634. The first-order chi connectivity index (χ1) is 14.0. The summed E-state index contributed by atoms with van der Waals surface area (Å²) >= 11 is 0. The first-order valence-corrected chi connectivity index (χ1v) is 11.2. The lowest BCUT2D eigenvalue weighted by Crippen LogP contribution is -2.37. The summed E-state index contributed by atoms with van der Waals surface area (Å²) in [6.07, 6.45) is 2.95. The van der Waals surface area contributed by atoms with E-state index in [-0.39, 0.29) is 12.1 Å². The molecule has 29 heavy (non-hydrogen) atoms. The maximum absolute atomic E-state index is 6.14. The summed E-state index contributed by atoms with van der Waals surface area (Å²) in [6, 6.07) is 18.3. The number of anilines is 2. The standard InChI is InChI=1S/C25H40N4/c1-5-22(26)18-28(7-3)24-13-9-20(10-14-24)17-21-11-15-25(16-12-21)29(8-4)19-23(27)6-2/h9-16,22-23H,5-8,17-19,26-27H2,1-4H3. The van der Waals surface area contributed by atoms with E-state index in [1.54, 1.807) is 0 Å². The molecule has 0 bridgehead atoms. The molecule has 0 aliphatic heterocycles. The van der Waals surface area contributed by atoms with Crippen LogP contribution in [-0.4, -0.2) is 38.3 Å². The Balaban J connectivity index is 2.01. The zero-order valence-corrected chi connectivity index (χ0v) is 18.8. The third kappa shape index (κ3) is 7.06. The lowest BCUT2D eigenvalue weighted by Gasteiger charge is -2.26. The van der Waals surface area contributed by atoms with Crippen molar-refractivity contribution in [2.75, 3.05) is 36.0 Å². The molecular weight excluding hydrogens is 356 g/mol. The van der Waals surface area contributed by atoms with Crippen LogP contribution in [0, 0.1) is 0 Å². The summed E-state index contributed by atoms with van der Waals surface area (Å²) in [7, 11) is 0. The number of nitrogens with zero attached hydrogens (tertiary/aromatic N) is 2. The second-order valence-electron chi connectivity index (χ2n) is 7.92. The van der Waals surface area contributed by atoms with Crippen LogP contribution in [0.5, 0.6) is 0 Å². The van der Waals surface area contributed by atoms with Gasteiger partial charge in [-0.05, 0) is 68.5 Å². The molecule has 2 atom stereocenters. The molecule has 0 spiro atoms. The Morgan fingerprint density at radius 3 is 1.24 bits per heavy atom. The first-order valence-electron chi connectivity index (χ1n) is 11.2. The SMILES string of the molecule is CCC(N)CN(CC)c1ccc(Cc2ccc(N(CC)CC(N)CC)cc2)cc1. The molecule has 4 nitrogen and oxygen atoms in total. The Labute approximate surface area is 177 Å². The Kier molecular flexibility index (Phi) is 9.49. The van der Waals surface area contributed by atoms with Crippen LogP contribution < -0.4 is 21.3 Å². The van der Waals surface area contributed by atoms with Crippen LogP contribution in [0.4, 0.5) is 11.4 Å². The van der Waals surface area contributed by atoms with Gasteiger partial charge in [0.05, 0.1) is 0 Å². The van der Waals surface area contributed by atoms with E-state index in [4.69, 9.17) is 11.5 Å². The van der Waals surface area contributed by atoms with Gasteiger partial charge in [0.1, 0.15) is 0 Å². The zero-order valence-electron chi connectivity index (χ0n) is 18.8. The minimum absolute atomic E-state index is 0.225. The van der Waals surface area contributed by atoms with Gasteiger partial charge in [-0.2, -0.15) is 0 Å². The van der Waals surface area contributed by atoms with Crippen molar-refractivity contribution >= 4 is 11.4 Å². The van der Waals surface area contributed by atoms with Gasteiger partial charge in [-0.15, -0.1) is 0 Å². The molecular formula is C25H40N4. The average Bonchev–Trinajstić information content (AvgIpc) is 2.76. The fourth-order valence-corrected chi connectivity index (χ4v) is 3.54. The van der Waals surface area contributed by atoms with Crippen molar-refractivity contribution in [2.45, 2.75) is 59.0 Å². The van der Waals surface area contributed by atoms with Crippen LogP contribution >= 0.6 is 0 Å². The number of benzene rings is 2. The van der Waals surface area contributed by atoms with Gasteiger partial charge >= 0.3 is 0 Å². The predicted molar refractivity (Wildman–Crippen MR) is 128 cm³/mol. The molecule has 2 unspecified atom stereocenters. The average molecular weight is 397 g/mol. The predicted octanol–water partition coefficient (Wildman–Crippen LogP) is 4.40. The molecule has 160 valence electrons. The molecule has 0 fully saturated rings. The lowest BCUT2D eigenvalue weighted by atomic mass is 10.0. The van der Waals surface area contributed by atoms with Gasteiger partial charge < -0.3 is 21.3 Å². The summed E-state index contributed by atoms with van der Waals surface area (Å²) < 4.78 is 0. The number of nitrogens with two attached hydrogens (primary N) is 2. The van der Waals surface area contributed by atoms with Crippen molar-refractivity contribution in [1.29, 1.82) is 0 Å². The first kappa shape index (κ1) is 23.2. The molecule has 4 heteroatoms. The fourth-order valence-electron chi connectivity index (χ4n) is 3.54. The van der Waals surface area contributed by atoms with E-state index in [2.05, 4.69) is 86.0 Å². The van der Waals surface area contributed by atoms with Crippen molar-refractivity contribution in [2.24, 2.45) is 11.5 Å². The second kappa shape index (κ2) is 11.8. The van der Waals surface area contributed by atoms with Crippen LogP contribution in [-0.2, 0) is 6.42 Å². The molecule has 0 radical (unpaired) electrons.